The minimum Gasteiger partial charge on any atom is -0.346 e. The lowest BCUT2D eigenvalue weighted by molar-refractivity contribution is -0.111. The molecule has 2 aromatic carbocycles. The van der Waals surface area contributed by atoms with Crippen LogP contribution in [0.3, 0.4) is 0 Å². The highest BCUT2D eigenvalue weighted by Crippen LogP contribution is 2.19. The molecule has 28 heavy (non-hydrogen) atoms. The molecule has 1 heterocycles. The number of hydrogen-bond donors (Lipinski definition) is 2. The van der Waals surface area contributed by atoms with Crippen molar-refractivity contribution < 1.29 is 9.59 Å². The van der Waals surface area contributed by atoms with Crippen LogP contribution in [0, 0.1) is 0 Å². The molecule has 1 aliphatic rings. The van der Waals surface area contributed by atoms with Crippen molar-refractivity contribution in [1.82, 2.24) is 25.5 Å². The van der Waals surface area contributed by atoms with Crippen LogP contribution in [0.1, 0.15) is 29.0 Å². The van der Waals surface area contributed by atoms with Gasteiger partial charge in [0.25, 0.3) is 11.7 Å². The summed E-state index contributed by atoms with van der Waals surface area (Å²) in [5.41, 5.74) is 2.22. The number of aromatic nitrogens is 4. The monoisotopic (exact) mass is 374 g/mol. The number of tetrazole rings is 1. The highest BCUT2D eigenvalue weighted by Gasteiger charge is 2.25. The first-order valence-electron chi connectivity index (χ1n) is 8.93. The SMILES string of the molecule is O=C(/C=C/c1ccccc1)Nc1ccc(-n2nnc(C(=O)NC3CC3)n2)cc1. The highest BCUT2D eigenvalue weighted by molar-refractivity contribution is 6.01. The topological polar surface area (TPSA) is 102 Å². The smallest absolute Gasteiger partial charge is 0.293 e. The third kappa shape index (κ3) is 4.47. The summed E-state index contributed by atoms with van der Waals surface area (Å²) >= 11 is 0. The maximum absolute atomic E-state index is 12.0. The Morgan fingerprint density at radius 3 is 2.50 bits per heavy atom. The first kappa shape index (κ1) is 17.6. The van der Waals surface area contributed by atoms with Gasteiger partial charge in [-0.3, -0.25) is 9.59 Å². The fraction of sp³-hybridized carbons (Fsp3) is 0.150. The van der Waals surface area contributed by atoms with Gasteiger partial charge in [0, 0.05) is 17.8 Å². The van der Waals surface area contributed by atoms with Crippen molar-refractivity contribution >= 4 is 23.6 Å². The molecule has 1 aromatic heterocycles. The highest BCUT2D eigenvalue weighted by atomic mass is 16.2. The quantitative estimate of drug-likeness (QED) is 0.644. The lowest BCUT2D eigenvalue weighted by Crippen LogP contribution is -2.26. The van der Waals surface area contributed by atoms with Crippen LogP contribution in [0.25, 0.3) is 11.8 Å². The zero-order valence-corrected chi connectivity index (χ0v) is 14.9. The van der Waals surface area contributed by atoms with Gasteiger partial charge >= 0.3 is 0 Å². The van der Waals surface area contributed by atoms with E-state index in [1.807, 2.05) is 30.3 Å². The minimum atomic E-state index is -0.317. The van der Waals surface area contributed by atoms with Crippen LogP contribution in [-0.4, -0.2) is 38.1 Å². The van der Waals surface area contributed by atoms with E-state index in [2.05, 4.69) is 26.0 Å². The van der Waals surface area contributed by atoms with Crippen molar-refractivity contribution in [3.05, 3.63) is 72.1 Å². The first-order valence-corrected chi connectivity index (χ1v) is 8.93. The molecule has 3 aromatic rings. The Labute approximate surface area is 161 Å². The summed E-state index contributed by atoms with van der Waals surface area (Å²) in [6.45, 7) is 0. The number of carbonyl (C=O) groups excluding carboxylic acids is 2. The molecule has 2 N–H and O–H groups in total. The number of amides is 2. The predicted molar refractivity (Wildman–Crippen MR) is 104 cm³/mol. The Balaban J connectivity index is 1.37. The first-order chi connectivity index (χ1) is 13.7. The molecule has 0 spiro atoms. The Morgan fingerprint density at radius 2 is 1.79 bits per heavy atom. The van der Waals surface area contributed by atoms with Crippen LogP contribution < -0.4 is 10.6 Å². The molecule has 1 saturated carbocycles. The van der Waals surface area contributed by atoms with E-state index in [9.17, 15) is 9.59 Å². The van der Waals surface area contributed by atoms with Crippen LogP contribution in [-0.2, 0) is 4.79 Å². The largest absolute Gasteiger partial charge is 0.346 e. The molecular formula is C20H18N6O2. The maximum Gasteiger partial charge on any atom is 0.293 e. The molecule has 140 valence electrons. The van der Waals surface area contributed by atoms with Gasteiger partial charge in [-0.05, 0) is 54.0 Å². The van der Waals surface area contributed by atoms with Gasteiger partial charge in [0.2, 0.25) is 5.91 Å². The van der Waals surface area contributed by atoms with Crippen molar-refractivity contribution in [2.24, 2.45) is 0 Å². The van der Waals surface area contributed by atoms with Gasteiger partial charge in [-0.2, -0.15) is 0 Å². The van der Waals surface area contributed by atoms with E-state index in [0.29, 0.717) is 11.4 Å². The Hall–Kier alpha value is -3.81. The molecule has 0 radical (unpaired) electrons. The fourth-order valence-electron chi connectivity index (χ4n) is 2.49. The summed E-state index contributed by atoms with van der Waals surface area (Å²) in [5, 5.41) is 17.4. The van der Waals surface area contributed by atoms with Crippen molar-refractivity contribution in [3.63, 3.8) is 0 Å². The Kier molecular flexibility index (Phi) is 4.92. The van der Waals surface area contributed by atoms with Gasteiger partial charge in [0.15, 0.2) is 0 Å². The van der Waals surface area contributed by atoms with Crippen molar-refractivity contribution in [2.45, 2.75) is 18.9 Å². The standard InChI is InChI=1S/C20H18N6O2/c27-18(13-6-14-4-2-1-3-5-14)21-15-9-11-17(12-10-15)26-24-19(23-25-26)20(28)22-16-7-8-16/h1-6,9-13,16H,7-8H2,(H,21,27)(H,22,28)/b13-6+. The molecule has 2 amide bonds. The van der Waals surface area contributed by atoms with Gasteiger partial charge in [-0.15, -0.1) is 15.0 Å². The van der Waals surface area contributed by atoms with Gasteiger partial charge < -0.3 is 10.6 Å². The molecule has 8 heteroatoms. The van der Waals surface area contributed by atoms with Crippen LogP contribution in [0.5, 0.6) is 0 Å². The lowest BCUT2D eigenvalue weighted by atomic mass is 10.2. The minimum absolute atomic E-state index is 0.0373. The lowest BCUT2D eigenvalue weighted by Gasteiger charge is -2.03. The van der Waals surface area contributed by atoms with Gasteiger partial charge in [0.05, 0.1) is 5.69 Å². The molecule has 1 aliphatic carbocycles. The molecule has 0 aliphatic heterocycles. The molecular weight excluding hydrogens is 356 g/mol. The molecule has 4 rings (SSSR count). The van der Waals surface area contributed by atoms with E-state index in [1.165, 1.54) is 10.9 Å². The third-order valence-corrected chi connectivity index (χ3v) is 4.12. The van der Waals surface area contributed by atoms with E-state index in [4.69, 9.17) is 0 Å². The summed E-state index contributed by atoms with van der Waals surface area (Å²) in [6.07, 6.45) is 5.21. The fourth-order valence-corrected chi connectivity index (χ4v) is 2.49. The van der Waals surface area contributed by atoms with Crippen LogP contribution in [0.4, 0.5) is 5.69 Å². The number of nitrogens with one attached hydrogen (secondary N) is 2. The summed E-state index contributed by atoms with van der Waals surface area (Å²) in [4.78, 5) is 25.2. The summed E-state index contributed by atoms with van der Waals surface area (Å²) < 4.78 is 0. The zero-order valence-electron chi connectivity index (χ0n) is 14.9. The van der Waals surface area contributed by atoms with E-state index >= 15 is 0 Å². The Morgan fingerprint density at radius 1 is 1.04 bits per heavy atom. The van der Waals surface area contributed by atoms with Gasteiger partial charge in [-0.1, -0.05) is 30.3 Å². The van der Waals surface area contributed by atoms with E-state index in [1.54, 1.807) is 30.3 Å². The van der Waals surface area contributed by atoms with Crippen LogP contribution >= 0.6 is 0 Å². The second kappa shape index (κ2) is 7.83. The summed E-state index contributed by atoms with van der Waals surface area (Å²) in [6, 6.07) is 16.8. The van der Waals surface area contributed by atoms with Crippen molar-refractivity contribution in [1.29, 1.82) is 0 Å². The van der Waals surface area contributed by atoms with E-state index in [0.717, 1.165) is 18.4 Å². The molecule has 0 saturated heterocycles. The molecule has 0 unspecified atom stereocenters. The van der Waals surface area contributed by atoms with Gasteiger partial charge in [0.1, 0.15) is 0 Å². The van der Waals surface area contributed by atoms with Crippen LogP contribution in [0.2, 0.25) is 0 Å². The number of nitrogens with zero attached hydrogens (tertiary/aromatic N) is 4. The molecule has 0 bridgehead atoms. The normalized spacial score (nSPS) is 13.4. The zero-order chi connectivity index (χ0) is 19.3. The number of rotatable bonds is 6. The van der Waals surface area contributed by atoms with Crippen molar-refractivity contribution in [2.75, 3.05) is 5.32 Å². The number of anilines is 1. The van der Waals surface area contributed by atoms with Crippen LogP contribution in [0.15, 0.2) is 60.7 Å². The average molecular weight is 374 g/mol. The average Bonchev–Trinajstić information content (AvgIpc) is 3.39. The second-order valence-electron chi connectivity index (χ2n) is 6.43. The number of hydrogen-bond acceptors (Lipinski definition) is 5. The molecule has 0 atom stereocenters. The van der Waals surface area contributed by atoms with Gasteiger partial charge in [-0.25, -0.2) is 0 Å². The molecule has 1 fully saturated rings. The summed E-state index contributed by atoms with van der Waals surface area (Å²) in [7, 11) is 0. The van der Waals surface area contributed by atoms with E-state index in [-0.39, 0.29) is 23.7 Å². The summed E-state index contributed by atoms with van der Waals surface area (Å²) in [5.74, 6) is -0.507. The maximum atomic E-state index is 12.0. The Bertz CT molecular complexity index is 1010. The van der Waals surface area contributed by atoms with Crippen molar-refractivity contribution in [3.8, 4) is 5.69 Å². The third-order valence-electron chi connectivity index (χ3n) is 4.12. The predicted octanol–water partition coefficient (Wildman–Crippen LogP) is 2.21. The molecule has 8 nitrogen and oxygen atoms in total. The second-order valence-corrected chi connectivity index (χ2v) is 6.43. The van der Waals surface area contributed by atoms with E-state index < -0.39 is 0 Å². The number of carbonyl (C=O) groups is 2. The number of benzene rings is 2.